The lowest BCUT2D eigenvalue weighted by Crippen LogP contribution is -2.27. The Balaban J connectivity index is 2.06. The van der Waals surface area contributed by atoms with Crippen LogP contribution in [0.3, 0.4) is 0 Å². The molecule has 0 aromatic carbocycles. The molecule has 0 radical (unpaired) electrons. The number of hydrogen-bond acceptors (Lipinski definition) is 4. The molecular weight excluding hydrogens is 204 g/mol. The minimum absolute atomic E-state index is 0.190. The molecule has 2 aromatic rings. The molecule has 3 heterocycles. The molecule has 1 aliphatic rings. The lowest BCUT2D eigenvalue weighted by molar-refractivity contribution is 0.442. The zero-order chi connectivity index (χ0) is 11.0. The molecule has 5 nitrogen and oxygen atoms in total. The third kappa shape index (κ3) is 1.44. The quantitative estimate of drug-likeness (QED) is 0.746. The van der Waals surface area contributed by atoms with E-state index in [-0.39, 0.29) is 5.75 Å². The van der Waals surface area contributed by atoms with Gasteiger partial charge in [-0.15, -0.1) is 10.2 Å². The third-order valence-electron chi connectivity index (χ3n) is 3.14. The number of nitrogens with zero attached hydrogens (tertiary/aromatic N) is 3. The highest BCUT2D eigenvalue weighted by molar-refractivity contribution is 5.52. The van der Waals surface area contributed by atoms with Crippen LogP contribution in [0.15, 0.2) is 18.3 Å². The molecule has 0 amide bonds. The monoisotopic (exact) mass is 218 g/mol. The number of aromatic hydroxyl groups is 1. The molecule has 0 unspecified atom stereocenters. The van der Waals surface area contributed by atoms with Gasteiger partial charge in [-0.1, -0.05) is 0 Å². The minimum atomic E-state index is 0.190. The maximum absolute atomic E-state index is 9.65. The van der Waals surface area contributed by atoms with Crippen LogP contribution >= 0.6 is 0 Å². The van der Waals surface area contributed by atoms with Crippen molar-refractivity contribution in [2.24, 2.45) is 0 Å². The summed E-state index contributed by atoms with van der Waals surface area (Å²) in [7, 11) is 0. The Labute approximate surface area is 93.1 Å². The van der Waals surface area contributed by atoms with Crippen molar-refractivity contribution in [2.45, 2.75) is 18.8 Å². The maximum atomic E-state index is 9.65. The molecule has 1 saturated heterocycles. The van der Waals surface area contributed by atoms with Gasteiger partial charge in [0.1, 0.15) is 5.82 Å². The summed E-state index contributed by atoms with van der Waals surface area (Å²) in [6.07, 6.45) is 4.07. The average molecular weight is 218 g/mol. The Morgan fingerprint density at radius 3 is 2.94 bits per heavy atom. The van der Waals surface area contributed by atoms with E-state index in [2.05, 4.69) is 15.5 Å². The predicted octanol–water partition coefficient (Wildman–Crippen LogP) is 0.902. The zero-order valence-electron chi connectivity index (χ0n) is 8.93. The molecule has 3 rings (SSSR count). The Bertz CT molecular complexity index is 502. The van der Waals surface area contributed by atoms with Crippen LogP contribution in [0.1, 0.15) is 24.6 Å². The van der Waals surface area contributed by atoms with Gasteiger partial charge in [-0.05, 0) is 38.1 Å². The SMILES string of the molecule is Oc1cccn2c(C3CCNCC3)nnc12. The fourth-order valence-corrected chi connectivity index (χ4v) is 2.28. The lowest BCUT2D eigenvalue weighted by Gasteiger charge is -2.20. The Kier molecular flexibility index (Phi) is 2.25. The van der Waals surface area contributed by atoms with Crippen molar-refractivity contribution >= 4 is 5.65 Å². The summed E-state index contributed by atoms with van der Waals surface area (Å²) in [6.45, 7) is 2.05. The molecule has 0 aliphatic carbocycles. The fraction of sp³-hybridized carbons (Fsp3) is 0.455. The summed E-state index contributed by atoms with van der Waals surface area (Å²) in [4.78, 5) is 0. The summed E-state index contributed by atoms with van der Waals surface area (Å²) in [6, 6.07) is 3.45. The second-order valence-corrected chi connectivity index (χ2v) is 4.17. The number of nitrogens with one attached hydrogen (secondary N) is 1. The summed E-state index contributed by atoms with van der Waals surface area (Å²) in [5.41, 5.74) is 0.552. The van der Waals surface area contributed by atoms with Gasteiger partial charge >= 0.3 is 0 Å². The average Bonchev–Trinajstić information content (AvgIpc) is 2.75. The van der Waals surface area contributed by atoms with Crippen molar-refractivity contribution in [1.29, 1.82) is 0 Å². The summed E-state index contributed by atoms with van der Waals surface area (Å²) >= 11 is 0. The number of pyridine rings is 1. The summed E-state index contributed by atoms with van der Waals surface area (Å²) in [5, 5.41) is 21.2. The minimum Gasteiger partial charge on any atom is -0.504 e. The lowest BCUT2D eigenvalue weighted by atomic mass is 9.97. The van der Waals surface area contributed by atoms with Gasteiger partial charge in [0.15, 0.2) is 5.75 Å². The summed E-state index contributed by atoms with van der Waals surface area (Å²) in [5.74, 6) is 1.60. The first-order valence-electron chi connectivity index (χ1n) is 5.59. The van der Waals surface area contributed by atoms with Crippen LogP contribution in [0.5, 0.6) is 5.75 Å². The van der Waals surface area contributed by atoms with E-state index in [4.69, 9.17) is 0 Å². The molecule has 2 N–H and O–H groups in total. The fourth-order valence-electron chi connectivity index (χ4n) is 2.28. The maximum Gasteiger partial charge on any atom is 0.203 e. The summed E-state index contributed by atoms with van der Waals surface area (Å²) < 4.78 is 1.89. The highest BCUT2D eigenvalue weighted by Crippen LogP contribution is 2.26. The zero-order valence-corrected chi connectivity index (χ0v) is 8.93. The predicted molar refractivity (Wildman–Crippen MR) is 59.5 cm³/mol. The molecule has 16 heavy (non-hydrogen) atoms. The first-order valence-corrected chi connectivity index (χ1v) is 5.59. The van der Waals surface area contributed by atoms with Crippen LogP contribution in [0, 0.1) is 0 Å². The van der Waals surface area contributed by atoms with Crippen LogP contribution in [0.2, 0.25) is 0 Å². The molecule has 0 atom stereocenters. The van der Waals surface area contributed by atoms with E-state index < -0.39 is 0 Å². The number of piperidine rings is 1. The second-order valence-electron chi connectivity index (χ2n) is 4.17. The van der Waals surface area contributed by atoms with Crippen LogP contribution < -0.4 is 5.32 Å². The van der Waals surface area contributed by atoms with Gasteiger partial charge in [-0.25, -0.2) is 0 Å². The molecule has 5 heteroatoms. The molecule has 0 saturated carbocycles. The van der Waals surface area contributed by atoms with Gasteiger partial charge in [0.25, 0.3) is 0 Å². The molecule has 84 valence electrons. The van der Waals surface area contributed by atoms with Crippen molar-refractivity contribution in [3.63, 3.8) is 0 Å². The number of rotatable bonds is 1. The van der Waals surface area contributed by atoms with Crippen molar-refractivity contribution in [3.8, 4) is 5.75 Å². The number of fused-ring (bicyclic) bond motifs is 1. The molecule has 0 spiro atoms. The van der Waals surface area contributed by atoms with Gasteiger partial charge in [-0.2, -0.15) is 0 Å². The van der Waals surface area contributed by atoms with E-state index in [0.29, 0.717) is 11.6 Å². The van der Waals surface area contributed by atoms with Gasteiger partial charge in [0.05, 0.1) is 0 Å². The van der Waals surface area contributed by atoms with Crippen molar-refractivity contribution < 1.29 is 5.11 Å². The largest absolute Gasteiger partial charge is 0.504 e. The molecule has 2 aromatic heterocycles. The van der Waals surface area contributed by atoms with E-state index >= 15 is 0 Å². The van der Waals surface area contributed by atoms with Crippen molar-refractivity contribution in [2.75, 3.05) is 13.1 Å². The van der Waals surface area contributed by atoms with Gasteiger partial charge < -0.3 is 10.4 Å². The first-order chi connectivity index (χ1) is 7.86. The Morgan fingerprint density at radius 2 is 2.12 bits per heavy atom. The smallest absolute Gasteiger partial charge is 0.203 e. The standard InChI is InChI=1S/C11H14N4O/c16-9-2-1-7-15-10(13-14-11(9)15)8-3-5-12-6-4-8/h1-2,7-8,12,16H,3-6H2. The Morgan fingerprint density at radius 1 is 1.31 bits per heavy atom. The molecular formula is C11H14N4O. The van der Waals surface area contributed by atoms with Gasteiger partial charge in [0, 0.05) is 12.1 Å². The first kappa shape index (κ1) is 9.59. The normalized spacial score (nSPS) is 18.0. The van der Waals surface area contributed by atoms with E-state index in [9.17, 15) is 5.11 Å². The van der Waals surface area contributed by atoms with Crippen LogP contribution in [-0.2, 0) is 0 Å². The van der Waals surface area contributed by atoms with Crippen LogP contribution in [0.4, 0.5) is 0 Å². The second kappa shape index (κ2) is 3.75. The van der Waals surface area contributed by atoms with E-state index in [1.54, 1.807) is 6.07 Å². The Hall–Kier alpha value is -1.62. The van der Waals surface area contributed by atoms with E-state index in [1.165, 1.54) is 0 Å². The molecule has 0 bridgehead atoms. The van der Waals surface area contributed by atoms with Gasteiger partial charge in [0.2, 0.25) is 5.65 Å². The van der Waals surface area contributed by atoms with E-state index in [1.807, 2.05) is 16.7 Å². The third-order valence-corrected chi connectivity index (χ3v) is 3.14. The molecule has 1 aliphatic heterocycles. The van der Waals surface area contributed by atoms with E-state index in [0.717, 1.165) is 31.8 Å². The van der Waals surface area contributed by atoms with Crippen LogP contribution in [-0.4, -0.2) is 32.8 Å². The van der Waals surface area contributed by atoms with Gasteiger partial charge in [-0.3, -0.25) is 4.40 Å². The molecule has 1 fully saturated rings. The topological polar surface area (TPSA) is 62.5 Å². The number of hydrogen-bond donors (Lipinski definition) is 2. The van der Waals surface area contributed by atoms with Crippen molar-refractivity contribution in [3.05, 3.63) is 24.2 Å². The van der Waals surface area contributed by atoms with Crippen molar-refractivity contribution in [1.82, 2.24) is 19.9 Å². The highest BCUT2D eigenvalue weighted by Gasteiger charge is 2.21. The van der Waals surface area contributed by atoms with Crippen LogP contribution in [0.25, 0.3) is 5.65 Å². The number of aromatic nitrogens is 3. The highest BCUT2D eigenvalue weighted by atomic mass is 16.3.